The van der Waals surface area contributed by atoms with Crippen molar-refractivity contribution in [1.29, 1.82) is 0 Å². The number of rotatable bonds is 4. The number of nitrogens with two attached hydrogens (primary N) is 1. The molecule has 1 unspecified atom stereocenters. The number of anilines is 1. The van der Waals surface area contributed by atoms with Crippen molar-refractivity contribution in [2.24, 2.45) is 5.73 Å². The van der Waals surface area contributed by atoms with E-state index in [0.717, 1.165) is 33.9 Å². The van der Waals surface area contributed by atoms with Gasteiger partial charge < -0.3 is 15.5 Å². The van der Waals surface area contributed by atoms with E-state index in [1.54, 1.807) is 0 Å². The van der Waals surface area contributed by atoms with Gasteiger partial charge >= 0.3 is 0 Å². The minimum Gasteiger partial charge on any atom is -0.466 e. The second-order valence-electron chi connectivity index (χ2n) is 5.23. The minimum absolute atomic E-state index is 0.0203. The van der Waals surface area contributed by atoms with Gasteiger partial charge in [0.05, 0.1) is 17.3 Å². The summed E-state index contributed by atoms with van der Waals surface area (Å²) in [6.07, 6.45) is 0. The second kappa shape index (κ2) is 5.81. The number of furan rings is 1. The average Bonchev–Trinajstić information content (AvgIpc) is 2.72. The van der Waals surface area contributed by atoms with Crippen LogP contribution in [0.2, 0.25) is 0 Å². The fourth-order valence-electron chi connectivity index (χ4n) is 2.37. The Morgan fingerprint density at radius 3 is 2.48 bits per heavy atom. The molecule has 0 spiro atoms. The molecule has 0 fully saturated rings. The normalized spacial score (nSPS) is 12.2. The summed E-state index contributed by atoms with van der Waals surface area (Å²) in [6, 6.07) is 2.04. The summed E-state index contributed by atoms with van der Waals surface area (Å²) < 4.78 is 5.57. The van der Waals surface area contributed by atoms with Gasteiger partial charge in [-0.25, -0.2) is 0 Å². The highest BCUT2D eigenvalue weighted by atomic mass is 32.1. The van der Waals surface area contributed by atoms with Crippen LogP contribution in [0, 0.1) is 27.7 Å². The van der Waals surface area contributed by atoms with Crippen molar-refractivity contribution in [3.8, 4) is 0 Å². The van der Waals surface area contributed by atoms with Crippen LogP contribution in [0.3, 0.4) is 0 Å². The molecule has 0 saturated carbocycles. The summed E-state index contributed by atoms with van der Waals surface area (Å²) in [7, 11) is 0. The largest absolute Gasteiger partial charge is 0.466 e. The van der Waals surface area contributed by atoms with Crippen molar-refractivity contribution >= 4 is 23.0 Å². The van der Waals surface area contributed by atoms with Gasteiger partial charge in [0.1, 0.15) is 16.5 Å². The van der Waals surface area contributed by atoms with Gasteiger partial charge in [-0.3, -0.25) is 0 Å². The van der Waals surface area contributed by atoms with Crippen molar-refractivity contribution in [3.63, 3.8) is 0 Å². The van der Waals surface area contributed by atoms with E-state index >= 15 is 0 Å². The van der Waals surface area contributed by atoms with Crippen LogP contribution in [0.25, 0.3) is 0 Å². The van der Waals surface area contributed by atoms with E-state index in [0.29, 0.717) is 10.8 Å². The molecule has 0 bridgehead atoms. The summed E-state index contributed by atoms with van der Waals surface area (Å²) in [4.78, 5) is 0.320. The molecule has 6 heteroatoms. The highest BCUT2D eigenvalue weighted by molar-refractivity contribution is 7.80. The summed E-state index contributed by atoms with van der Waals surface area (Å²) in [5, 5.41) is 11.7. The molecule has 2 aromatic heterocycles. The molecule has 0 aliphatic heterocycles. The summed E-state index contributed by atoms with van der Waals surface area (Å²) >= 11 is 5.15. The van der Waals surface area contributed by atoms with Crippen molar-refractivity contribution in [3.05, 3.63) is 40.0 Å². The topological polar surface area (TPSA) is 77.0 Å². The lowest BCUT2D eigenvalue weighted by molar-refractivity contribution is 0.499. The zero-order chi connectivity index (χ0) is 15.7. The second-order valence-corrected chi connectivity index (χ2v) is 5.67. The Kier molecular flexibility index (Phi) is 4.27. The van der Waals surface area contributed by atoms with Gasteiger partial charge in [0, 0.05) is 5.56 Å². The lowest BCUT2D eigenvalue weighted by Gasteiger charge is -2.17. The molecule has 2 aromatic rings. The third-order valence-corrected chi connectivity index (χ3v) is 3.80. The average molecular weight is 304 g/mol. The molecule has 0 amide bonds. The molecule has 0 radical (unpaired) electrons. The molecule has 2 heterocycles. The minimum atomic E-state index is 0.0203. The van der Waals surface area contributed by atoms with Crippen molar-refractivity contribution < 1.29 is 4.42 Å². The number of aryl methyl sites for hydroxylation is 3. The Balaban J connectivity index is 2.38. The van der Waals surface area contributed by atoms with Crippen LogP contribution in [0.4, 0.5) is 5.82 Å². The molecule has 0 aliphatic carbocycles. The Morgan fingerprint density at radius 2 is 1.95 bits per heavy atom. The van der Waals surface area contributed by atoms with E-state index < -0.39 is 0 Å². The molecule has 1 atom stereocenters. The molecule has 0 aliphatic rings. The van der Waals surface area contributed by atoms with Crippen LogP contribution in [-0.2, 0) is 0 Å². The molecule has 2 rings (SSSR count). The molecule has 112 valence electrons. The number of nitrogens with one attached hydrogen (secondary N) is 1. The molecule has 3 N–H and O–H groups in total. The fraction of sp³-hybridized carbons (Fsp3) is 0.400. The summed E-state index contributed by atoms with van der Waals surface area (Å²) in [6.45, 7) is 9.75. The third-order valence-electron chi connectivity index (χ3n) is 3.60. The van der Waals surface area contributed by atoms with E-state index in [4.69, 9.17) is 22.4 Å². The van der Waals surface area contributed by atoms with Gasteiger partial charge in [0.25, 0.3) is 0 Å². The first-order valence-corrected chi connectivity index (χ1v) is 7.19. The first-order valence-electron chi connectivity index (χ1n) is 6.78. The zero-order valence-corrected chi connectivity index (χ0v) is 13.8. The Hall–Kier alpha value is -1.95. The number of hydrogen-bond donors (Lipinski definition) is 2. The third kappa shape index (κ3) is 3.05. The maximum absolute atomic E-state index is 5.84. The first kappa shape index (κ1) is 15.4. The van der Waals surface area contributed by atoms with Crippen LogP contribution in [0.15, 0.2) is 10.5 Å². The Morgan fingerprint density at radius 1 is 1.29 bits per heavy atom. The summed E-state index contributed by atoms with van der Waals surface area (Å²) in [5.74, 6) is 2.38. The standard InChI is InChI=1S/C15H20N4OS/c1-7-6-12(11(5)20-7)10(4)17-15-13(14(16)21)8(2)9(3)18-19-15/h6,10H,1-5H3,(H2,16,21)(H,17,19). The molecule has 0 aromatic carbocycles. The highest BCUT2D eigenvalue weighted by Crippen LogP contribution is 2.26. The first-order chi connectivity index (χ1) is 9.81. The maximum atomic E-state index is 5.84. The van der Waals surface area contributed by atoms with Gasteiger partial charge in [-0.1, -0.05) is 12.2 Å². The maximum Gasteiger partial charge on any atom is 0.159 e. The summed E-state index contributed by atoms with van der Waals surface area (Å²) in [5.41, 5.74) is 9.45. The number of hydrogen-bond acceptors (Lipinski definition) is 5. The van der Waals surface area contributed by atoms with Gasteiger partial charge in [0.2, 0.25) is 0 Å². The van der Waals surface area contributed by atoms with E-state index in [1.165, 1.54) is 0 Å². The number of thiocarbonyl (C=S) groups is 1. The predicted molar refractivity (Wildman–Crippen MR) is 87.6 cm³/mol. The van der Waals surface area contributed by atoms with Gasteiger partial charge in [-0.15, -0.1) is 5.10 Å². The number of aromatic nitrogens is 2. The fourth-order valence-corrected chi connectivity index (χ4v) is 2.62. The molecule has 0 saturated heterocycles. The van der Waals surface area contributed by atoms with E-state index in [-0.39, 0.29) is 6.04 Å². The Labute approximate surface area is 129 Å². The lowest BCUT2D eigenvalue weighted by atomic mass is 10.1. The van der Waals surface area contributed by atoms with Crippen molar-refractivity contribution in [2.45, 2.75) is 40.7 Å². The lowest BCUT2D eigenvalue weighted by Crippen LogP contribution is -2.19. The SMILES string of the molecule is Cc1cc(C(C)Nc2nnc(C)c(C)c2C(N)=S)c(C)o1. The zero-order valence-electron chi connectivity index (χ0n) is 12.9. The predicted octanol–water partition coefficient (Wildman–Crippen LogP) is 3.11. The van der Waals surface area contributed by atoms with Crippen LogP contribution in [0.1, 0.15) is 46.9 Å². The smallest absolute Gasteiger partial charge is 0.159 e. The van der Waals surface area contributed by atoms with E-state index in [2.05, 4.69) is 15.5 Å². The number of nitrogens with zero attached hydrogens (tertiary/aromatic N) is 2. The molecular weight excluding hydrogens is 284 g/mol. The molecular formula is C15H20N4OS. The van der Waals surface area contributed by atoms with Gasteiger partial charge in [0.15, 0.2) is 5.82 Å². The van der Waals surface area contributed by atoms with Crippen molar-refractivity contribution in [1.82, 2.24) is 10.2 Å². The van der Waals surface area contributed by atoms with Gasteiger partial charge in [-0.2, -0.15) is 5.10 Å². The van der Waals surface area contributed by atoms with Crippen LogP contribution < -0.4 is 11.1 Å². The van der Waals surface area contributed by atoms with Crippen LogP contribution in [-0.4, -0.2) is 15.2 Å². The molecule has 5 nitrogen and oxygen atoms in total. The van der Waals surface area contributed by atoms with E-state index in [1.807, 2.05) is 40.7 Å². The van der Waals surface area contributed by atoms with Crippen LogP contribution >= 0.6 is 12.2 Å². The highest BCUT2D eigenvalue weighted by Gasteiger charge is 2.18. The van der Waals surface area contributed by atoms with E-state index in [9.17, 15) is 0 Å². The Bertz CT molecular complexity index is 693. The monoisotopic (exact) mass is 304 g/mol. The quantitative estimate of drug-likeness (QED) is 0.845. The van der Waals surface area contributed by atoms with Gasteiger partial charge in [-0.05, 0) is 46.2 Å². The van der Waals surface area contributed by atoms with Crippen LogP contribution in [0.5, 0.6) is 0 Å². The van der Waals surface area contributed by atoms with Crippen molar-refractivity contribution in [2.75, 3.05) is 5.32 Å². The molecule has 21 heavy (non-hydrogen) atoms.